The van der Waals surface area contributed by atoms with E-state index in [0.717, 1.165) is 16.7 Å². The maximum atomic E-state index is 5.04. The number of rotatable bonds is 0. The quantitative estimate of drug-likeness (QED) is 0.549. The van der Waals surface area contributed by atoms with Crippen LogP contribution in [0.3, 0.4) is 0 Å². The van der Waals surface area contributed by atoms with Crippen molar-refractivity contribution in [3.8, 4) is 0 Å². The van der Waals surface area contributed by atoms with Crippen LogP contribution in [0.15, 0.2) is 22.6 Å². The average molecular weight is 175 g/mol. The van der Waals surface area contributed by atoms with Crippen molar-refractivity contribution in [2.75, 3.05) is 0 Å². The van der Waals surface area contributed by atoms with Gasteiger partial charge in [-0.3, -0.25) is 0 Å². The summed E-state index contributed by atoms with van der Waals surface area (Å²) in [6, 6.07) is 0. The van der Waals surface area contributed by atoms with Gasteiger partial charge < -0.3 is 4.74 Å². The number of hydrogen-bond acceptors (Lipinski definition) is 1. The lowest BCUT2D eigenvalue weighted by molar-refractivity contribution is 0.343. The van der Waals surface area contributed by atoms with Crippen LogP contribution in [0.5, 0.6) is 0 Å². The Morgan fingerprint density at radius 3 is 2.88 bits per heavy atom. The minimum atomic E-state index is 0.964. The van der Waals surface area contributed by atoms with Gasteiger partial charge in [0.15, 0.2) is 0 Å². The molecule has 0 N–H and O–H groups in total. The highest BCUT2D eigenvalue weighted by molar-refractivity contribution is 9.11. The zero-order valence-corrected chi connectivity index (χ0v) is 6.23. The van der Waals surface area contributed by atoms with Crippen LogP contribution in [0.2, 0.25) is 0 Å². The summed E-state index contributed by atoms with van der Waals surface area (Å²) >= 11 is 3.31. The third-order valence-corrected chi connectivity index (χ3v) is 1.47. The smallest absolute Gasteiger partial charge is 0.101 e. The Bertz CT molecular complexity index is 129. The summed E-state index contributed by atoms with van der Waals surface area (Å²) in [5.74, 6) is 0.980. The third-order valence-electron chi connectivity index (χ3n) is 0.957. The first kappa shape index (κ1) is 5.89. The van der Waals surface area contributed by atoms with Crippen molar-refractivity contribution in [2.45, 2.75) is 13.3 Å². The zero-order valence-electron chi connectivity index (χ0n) is 4.65. The van der Waals surface area contributed by atoms with Gasteiger partial charge in [-0.05, 0) is 13.0 Å². The van der Waals surface area contributed by atoms with Gasteiger partial charge in [-0.25, -0.2) is 0 Å². The van der Waals surface area contributed by atoms with Gasteiger partial charge in [0.1, 0.15) is 6.26 Å². The first-order valence-electron chi connectivity index (χ1n) is 2.47. The Balaban J connectivity index is 2.54. The van der Waals surface area contributed by atoms with Gasteiger partial charge in [0, 0.05) is 10.9 Å². The molecule has 2 heteroatoms. The van der Waals surface area contributed by atoms with Gasteiger partial charge in [0.2, 0.25) is 0 Å². The maximum Gasteiger partial charge on any atom is 0.101 e. The molecule has 0 aromatic heterocycles. The van der Waals surface area contributed by atoms with Crippen molar-refractivity contribution in [1.82, 2.24) is 0 Å². The maximum absolute atomic E-state index is 5.04. The summed E-state index contributed by atoms with van der Waals surface area (Å²) in [5, 5.41) is 0. The molecule has 0 saturated heterocycles. The second kappa shape index (κ2) is 2.35. The normalized spacial score (nSPS) is 18.8. The molecule has 1 rings (SSSR count). The second-order valence-electron chi connectivity index (χ2n) is 1.70. The van der Waals surface area contributed by atoms with Crippen LogP contribution in [-0.2, 0) is 4.74 Å². The van der Waals surface area contributed by atoms with Crippen LogP contribution in [0, 0.1) is 0 Å². The van der Waals surface area contributed by atoms with Crippen molar-refractivity contribution < 1.29 is 4.74 Å². The Kier molecular flexibility index (Phi) is 1.73. The molecule has 0 amide bonds. The van der Waals surface area contributed by atoms with E-state index in [4.69, 9.17) is 4.74 Å². The van der Waals surface area contributed by atoms with E-state index >= 15 is 0 Å². The lowest BCUT2D eigenvalue weighted by Crippen LogP contribution is -1.86. The molecule has 0 saturated carbocycles. The standard InChI is InChI=1S/C6H7BrO/c1-5-2-3-6(7)4-8-5/h2,4H,3H2,1H3. The van der Waals surface area contributed by atoms with Crippen molar-refractivity contribution >= 4 is 15.9 Å². The first-order chi connectivity index (χ1) is 3.79. The molecule has 0 unspecified atom stereocenters. The predicted molar refractivity (Wildman–Crippen MR) is 36.5 cm³/mol. The topological polar surface area (TPSA) is 9.23 Å². The van der Waals surface area contributed by atoms with Crippen LogP contribution in [0.25, 0.3) is 0 Å². The molecule has 1 aliphatic heterocycles. The highest BCUT2D eigenvalue weighted by Crippen LogP contribution is 2.18. The van der Waals surface area contributed by atoms with Gasteiger partial charge in [-0.15, -0.1) is 0 Å². The number of allylic oxidation sites excluding steroid dienone is 3. The van der Waals surface area contributed by atoms with Crippen LogP contribution in [-0.4, -0.2) is 0 Å². The summed E-state index contributed by atoms with van der Waals surface area (Å²) in [5.41, 5.74) is 0. The van der Waals surface area contributed by atoms with E-state index < -0.39 is 0 Å². The van der Waals surface area contributed by atoms with Gasteiger partial charge in [-0.2, -0.15) is 0 Å². The highest BCUT2D eigenvalue weighted by Gasteiger charge is 1.97. The van der Waals surface area contributed by atoms with E-state index in [1.165, 1.54) is 0 Å². The molecule has 0 aromatic carbocycles. The molecule has 1 nitrogen and oxygen atoms in total. The number of halogens is 1. The van der Waals surface area contributed by atoms with Crippen LogP contribution in [0.4, 0.5) is 0 Å². The Morgan fingerprint density at radius 1 is 1.75 bits per heavy atom. The Morgan fingerprint density at radius 2 is 2.50 bits per heavy atom. The van der Waals surface area contributed by atoms with E-state index in [1.807, 2.05) is 13.0 Å². The molecule has 44 valence electrons. The van der Waals surface area contributed by atoms with E-state index in [1.54, 1.807) is 6.26 Å². The molecule has 1 aliphatic rings. The van der Waals surface area contributed by atoms with Gasteiger partial charge in [0.25, 0.3) is 0 Å². The molecular formula is C6H7BrO. The summed E-state index contributed by atoms with van der Waals surface area (Å²) in [7, 11) is 0. The number of hydrogen-bond donors (Lipinski definition) is 0. The lowest BCUT2D eigenvalue weighted by atomic mass is 10.3. The van der Waals surface area contributed by atoms with E-state index in [9.17, 15) is 0 Å². The third kappa shape index (κ3) is 1.37. The SMILES string of the molecule is CC1=CCC(Br)=CO1. The second-order valence-corrected chi connectivity index (χ2v) is 2.72. The van der Waals surface area contributed by atoms with Crippen molar-refractivity contribution in [3.63, 3.8) is 0 Å². The molecule has 0 atom stereocenters. The van der Waals surface area contributed by atoms with Gasteiger partial charge in [0.05, 0.1) is 5.76 Å². The molecule has 0 aliphatic carbocycles. The fourth-order valence-corrected chi connectivity index (χ4v) is 0.750. The Hall–Kier alpha value is -0.240. The molecule has 0 spiro atoms. The number of ether oxygens (including phenoxy) is 1. The summed E-state index contributed by atoms with van der Waals surface area (Å²) in [4.78, 5) is 0. The molecule has 0 aromatic rings. The highest BCUT2D eigenvalue weighted by atomic mass is 79.9. The lowest BCUT2D eigenvalue weighted by Gasteiger charge is -2.05. The average Bonchev–Trinajstić information content (AvgIpc) is 1.77. The van der Waals surface area contributed by atoms with Gasteiger partial charge >= 0.3 is 0 Å². The van der Waals surface area contributed by atoms with E-state index in [0.29, 0.717) is 0 Å². The van der Waals surface area contributed by atoms with Crippen LogP contribution in [0.1, 0.15) is 13.3 Å². The Labute approximate surface area is 57.2 Å². The fraction of sp³-hybridized carbons (Fsp3) is 0.333. The van der Waals surface area contributed by atoms with Crippen molar-refractivity contribution in [3.05, 3.63) is 22.6 Å². The summed E-state index contributed by atoms with van der Waals surface area (Å²) in [6.07, 6.45) is 4.71. The summed E-state index contributed by atoms with van der Waals surface area (Å²) < 4.78 is 6.14. The van der Waals surface area contributed by atoms with Crippen LogP contribution >= 0.6 is 15.9 Å². The van der Waals surface area contributed by atoms with Crippen molar-refractivity contribution in [1.29, 1.82) is 0 Å². The van der Waals surface area contributed by atoms with E-state index in [2.05, 4.69) is 15.9 Å². The largest absolute Gasteiger partial charge is 0.469 e. The van der Waals surface area contributed by atoms with Crippen LogP contribution < -0.4 is 0 Å². The molecule has 1 heterocycles. The molecule has 0 fully saturated rings. The monoisotopic (exact) mass is 174 g/mol. The molecule has 0 radical (unpaired) electrons. The van der Waals surface area contributed by atoms with Crippen molar-refractivity contribution in [2.24, 2.45) is 0 Å². The first-order valence-corrected chi connectivity index (χ1v) is 3.26. The molecular weight excluding hydrogens is 168 g/mol. The zero-order chi connectivity index (χ0) is 5.98. The minimum Gasteiger partial charge on any atom is -0.469 e. The minimum absolute atomic E-state index is 0.964. The molecule has 0 bridgehead atoms. The fourth-order valence-electron chi connectivity index (χ4n) is 0.494. The summed E-state index contributed by atoms with van der Waals surface area (Å²) in [6.45, 7) is 1.94. The van der Waals surface area contributed by atoms with E-state index in [-0.39, 0.29) is 0 Å². The predicted octanol–water partition coefficient (Wildman–Crippen LogP) is 2.55. The van der Waals surface area contributed by atoms with Gasteiger partial charge in [-0.1, -0.05) is 15.9 Å². The molecule has 8 heavy (non-hydrogen) atoms.